The van der Waals surface area contributed by atoms with Crippen molar-refractivity contribution in [3.05, 3.63) is 0 Å². The summed E-state index contributed by atoms with van der Waals surface area (Å²) in [7, 11) is 1.86. The maximum atomic E-state index is 5.96. The Balaban J connectivity index is 2.03. The summed E-state index contributed by atoms with van der Waals surface area (Å²) in [4.78, 5) is 0. The van der Waals surface area contributed by atoms with E-state index in [2.05, 4.69) is 6.92 Å². The van der Waals surface area contributed by atoms with Gasteiger partial charge in [-0.15, -0.1) is 0 Å². The van der Waals surface area contributed by atoms with Gasteiger partial charge in [0.2, 0.25) is 0 Å². The minimum absolute atomic E-state index is 0.742. The van der Waals surface area contributed by atoms with E-state index in [9.17, 15) is 0 Å². The van der Waals surface area contributed by atoms with E-state index in [0.717, 1.165) is 17.4 Å². The summed E-state index contributed by atoms with van der Waals surface area (Å²) < 4.78 is 11.9. The molecule has 2 fully saturated rings. The van der Waals surface area contributed by atoms with Gasteiger partial charge in [0.1, 0.15) is 0 Å². The van der Waals surface area contributed by atoms with E-state index in [0.29, 0.717) is 0 Å². The van der Waals surface area contributed by atoms with Gasteiger partial charge in [0.15, 0.2) is 0 Å². The number of hydrogen-bond donors (Lipinski definition) is 0. The van der Waals surface area contributed by atoms with Gasteiger partial charge in [-0.3, -0.25) is 0 Å². The van der Waals surface area contributed by atoms with Crippen LogP contribution in [0.25, 0.3) is 0 Å². The Bertz CT molecular complexity index is 253. The molecule has 0 heterocycles. The van der Waals surface area contributed by atoms with Crippen LogP contribution in [0.4, 0.5) is 0 Å². The summed E-state index contributed by atoms with van der Waals surface area (Å²) in [6, 6.07) is 1.17. The molecule has 3 atom stereocenters. The molecule has 2 saturated carbocycles. The molecule has 18 heavy (non-hydrogen) atoms. The Morgan fingerprint density at radius 1 is 0.944 bits per heavy atom. The summed E-state index contributed by atoms with van der Waals surface area (Å²) in [5.74, 6) is 2.00. The third-order valence-corrected chi connectivity index (χ3v) is 9.80. The predicted octanol–water partition coefficient (Wildman–Crippen LogP) is 4.49. The van der Waals surface area contributed by atoms with E-state index < -0.39 is 8.56 Å². The third-order valence-electron chi connectivity index (χ3n) is 5.45. The van der Waals surface area contributed by atoms with Crippen molar-refractivity contribution >= 4 is 8.56 Å². The van der Waals surface area contributed by atoms with Gasteiger partial charge in [0.05, 0.1) is 0 Å². The van der Waals surface area contributed by atoms with Gasteiger partial charge in [-0.2, -0.15) is 0 Å². The lowest BCUT2D eigenvalue weighted by Crippen LogP contribution is -2.47. The quantitative estimate of drug-likeness (QED) is 0.685. The predicted molar refractivity (Wildman–Crippen MR) is 77.9 cm³/mol. The molecule has 3 unspecified atom stereocenters. The van der Waals surface area contributed by atoms with Crippen LogP contribution in [0.5, 0.6) is 0 Å². The van der Waals surface area contributed by atoms with Crippen molar-refractivity contribution in [1.82, 2.24) is 0 Å². The van der Waals surface area contributed by atoms with Crippen LogP contribution < -0.4 is 0 Å². The van der Waals surface area contributed by atoms with Gasteiger partial charge < -0.3 is 8.85 Å². The van der Waals surface area contributed by atoms with E-state index >= 15 is 0 Å². The van der Waals surface area contributed by atoms with Crippen molar-refractivity contribution in [3.63, 3.8) is 0 Å². The Kier molecular flexibility index (Phi) is 5.28. The molecule has 2 rings (SSSR count). The van der Waals surface area contributed by atoms with Gasteiger partial charge in [-0.25, -0.2) is 0 Å². The fourth-order valence-corrected chi connectivity index (χ4v) is 8.06. The maximum Gasteiger partial charge on any atom is 0.340 e. The van der Waals surface area contributed by atoms with Gasteiger partial charge in [-0.05, 0) is 30.7 Å². The monoisotopic (exact) mass is 270 g/mol. The summed E-state index contributed by atoms with van der Waals surface area (Å²) in [5, 5.41) is 0. The van der Waals surface area contributed by atoms with Crippen molar-refractivity contribution in [1.29, 1.82) is 0 Å². The van der Waals surface area contributed by atoms with Gasteiger partial charge in [-0.1, -0.05) is 45.4 Å². The molecule has 0 saturated heterocycles. The summed E-state index contributed by atoms with van der Waals surface area (Å²) >= 11 is 0. The lowest BCUT2D eigenvalue weighted by Gasteiger charge is -2.44. The van der Waals surface area contributed by atoms with Crippen molar-refractivity contribution in [3.8, 4) is 0 Å². The highest BCUT2D eigenvalue weighted by atomic mass is 28.4. The Hall–Kier alpha value is 0.137. The smallest absolute Gasteiger partial charge is 0.340 e. The molecule has 2 nitrogen and oxygen atoms in total. The topological polar surface area (TPSA) is 18.5 Å². The molecule has 0 bridgehead atoms. The Morgan fingerprint density at radius 2 is 1.61 bits per heavy atom. The average Bonchev–Trinajstić information content (AvgIpc) is 2.44. The first-order valence-electron chi connectivity index (χ1n) is 7.86. The van der Waals surface area contributed by atoms with Crippen LogP contribution in [-0.2, 0) is 8.85 Å². The maximum absolute atomic E-state index is 5.96. The number of hydrogen-bond acceptors (Lipinski definition) is 2. The second-order valence-electron chi connectivity index (χ2n) is 6.28. The Labute approximate surface area is 114 Å². The molecule has 0 aromatic rings. The molecule has 0 radical (unpaired) electrons. The molecule has 2 aliphatic carbocycles. The molecular weight excluding hydrogens is 240 g/mol. The lowest BCUT2D eigenvalue weighted by atomic mass is 9.71. The van der Waals surface area contributed by atoms with Gasteiger partial charge in [0, 0.05) is 19.8 Å². The number of fused-ring (bicyclic) bond motifs is 1. The summed E-state index contributed by atoms with van der Waals surface area (Å²) in [6.45, 7) is 2.26. The fraction of sp³-hybridized carbons (Fsp3) is 1.00. The highest BCUT2D eigenvalue weighted by Gasteiger charge is 2.47. The van der Waals surface area contributed by atoms with Crippen LogP contribution in [0.2, 0.25) is 11.6 Å². The van der Waals surface area contributed by atoms with Crippen molar-refractivity contribution in [2.45, 2.75) is 69.9 Å². The minimum Gasteiger partial charge on any atom is -0.397 e. The zero-order valence-corrected chi connectivity index (χ0v) is 13.4. The second kappa shape index (κ2) is 6.53. The molecule has 3 heteroatoms. The van der Waals surface area contributed by atoms with Crippen LogP contribution >= 0.6 is 0 Å². The summed E-state index contributed by atoms with van der Waals surface area (Å²) in [6.07, 6.45) is 11.2. The second-order valence-corrected chi connectivity index (χ2v) is 10.0. The normalized spacial score (nSPS) is 33.2. The highest BCUT2D eigenvalue weighted by Crippen LogP contribution is 2.49. The van der Waals surface area contributed by atoms with Crippen LogP contribution in [-0.4, -0.2) is 22.8 Å². The van der Waals surface area contributed by atoms with Crippen LogP contribution in [0.15, 0.2) is 0 Å². The third kappa shape index (κ3) is 2.83. The molecule has 2 aliphatic rings. The minimum atomic E-state index is -1.92. The zero-order chi connectivity index (χ0) is 13.0. The lowest BCUT2D eigenvalue weighted by molar-refractivity contribution is 0.141. The highest BCUT2D eigenvalue weighted by molar-refractivity contribution is 6.69. The van der Waals surface area contributed by atoms with E-state index in [1.54, 1.807) is 0 Å². The van der Waals surface area contributed by atoms with Crippen molar-refractivity contribution < 1.29 is 8.85 Å². The van der Waals surface area contributed by atoms with Crippen molar-refractivity contribution in [2.75, 3.05) is 14.2 Å². The molecular formula is C15H30O2Si. The zero-order valence-electron chi connectivity index (χ0n) is 12.4. The first kappa shape index (κ1) is 14.5. The first-order valence-corrected chi connectivity index (χ1v) is 9.96. The van der Waals surface area contributed by atoms with E-state index in [1.807, 2.05) is 14.2 Å². The molecule has 0 aromatic carbocycles. The fourth-order valence-electron chi connectivity index (χ4n) is 4.45. The average molecular weight is 270 g/mol. The van der Waals surface area contributed by atoms with E-state index in [4.69, 9.17) is 8.85 Å². The van der Waals surface area contributed by atoms with Gasteiger partial charge in [0.25, 0.3) is 0 Å². The van der Waals surface area contributed by atoms with Crippen LogP contribution in [0, 0.1) is 11.8 Å². The van der Waals surface area contributed by atoms with Crippen LogP contribution in [0.1, 0.15) is 58.3 Å². The molecule has 0 amide bonds. The van der Waals surface area contributed by atoms with Crippen molar-refractivity contribution in [2.24, 2.45) is 11.8 Å². The number of rotatable bonds is 5. The first-order chi connectivity index (χ1) is 8.75. The Morgan fingerprint density at radius 3 is 2.22 bits per heavy atom. The van der Waals surface area contributed by atoms with Crippen LogP contribution in [0.3, 0.4) is 0 Å². The SMILES string of the molecule is CCC[Si](OC)(OC)C1CCC2CCCCC2C1. The molecule has 106 valence electrons. The van der Waals surface area contributed by atoms with Gasteiger partial charge >= 0.3 is 8.56 Å². The summed E-state index contributed by atoms with van der Waals surface area (Å²) in [5.41, 5.74) is 0.742. The van der Waals surface area contributed by atoms with E-state index in [-0.39, 0.29) is 0 Å². The largest absolute Gasteiger partial charge is 0.397 e. The molecule has 0 spiro atoms. The molecule has 0 aliphatic heterocycles. The molecule has 0 aromatic heterocycles. The molecule has 0 N–H and O–H groups in total. The standard InChI is InChI=1S/C15H30O2Si/c1-4-11-18(16-2,17-3)15-10-9-13-7-5-6-8-14(13)12-15/h13-15H,4-12H2,1-3H3. The van der Waals surface area contributed by atoms with E-state index in [1.165, 1.54) is 57.4 Å².